The van der Waals surface area contributed by atoms with Gasteiger partial charge >= 0.3 is 0 Å². The number of rotatable bonds is 1. The molecule has 2 heteroatoms. The first-order valence-corrected chi connectivity index (χ1v) is 4.98. The van der Waals surface area contributed by atoms with Crippen molar-refractivity contribution in [3.8, 4) is 0 Å². The van der Waals surface area contributed by atoms with E-state index in [1.807, 2.05) is 12.4 Å². The lowest BCUT2D eigenvalue weighted by Gasteiger charge is -2.19. The van der Waals surface area contributed by atoms with Crippen LogP contribution in [0.1, 0.15) is 30.7 Å². The molecule has 1 aliphatic carbocycles. The molecule has 0 aliphatic heterocycles. The number of pyridine rings is 1. The van der Waals surface area contributed by atoms with Crippen molar-refractivity contribution in [3.05, 3.63) is 41.2 Å². The highest BCUT2D eigenvalue weighted by Gasteiger charge is 2.14. The molecule has 0 bridgehead atoms. The number of allylic oxidation sites excluding steroid dienone is 2. The SMILES string of the molecule is ClC1=CCC(c2ccncc2)CC1. The van der Waals surface area contributed by atoms with Gasteiger partial charge in [-0.3, -0.25) is 4.98 Å². The van der Waals surface area contributed by atoms with E-state index in [1.54, 1.807) is 0 Å². The summed E-state index contributed by atoms with van der Waals surface area (Å²) in [6.45, 7) is 0. The molecule has 13 heavy (non-hydrogen) atoms. The van der Waals surface area contributed by atoms with E-state index in [1.165, 1.54) is 12.0 Å². The fourth-order valence-corrected chi connectivity index (χ4v) is 1.94. The molecule has 0 spiro atoms. The van der Waals surface area contributed by atoms with Crippen molar-refractivity contribution in [1.29, 1.82) is 0 Å². The molecule has 1 aromatic heterocycles. The minimum Gasteiger partial charge on any atom is -0.265 e. The van der Waals surface area contributed by atoms with E-state index in [0.717, 1.165) is 17.9 Å². The lowest BCUT2D eigenvalue weighted by atomic mass is 9.88. The van der Waals surface area contributed by atoms with Gasteiger partial charge in [0.1, 0.15) is 0 Å². The van der Waals surface area contributed by atoms with Gasteiger partial charge in [-0.2, -0.15) is 0 Å². The average Bonchev–Trinajstić information content (AvgIpc) is 2.20. The third kappa shape index (κ3) is 2.10. The van der Waals surface area contributed by atoms with Gasteiger partial charge in [0.25, 0.3) is 0 Å². The molecule has 1 nitrogen and oxygen atoms in total. The van der Waals surface area contributed by atoms with Crippen molar-refractivity contribution in [1.82, 2.24) is 4.98 Å². The normalized spacial score (nSPS) is 22.5. The Balaban J connectivity index is 2.12. The monoisotopic (exact) mass is 193 g/mol. The lowest BCUT2D eigenvalue weighted by molar-refractivity contribution is 0.611. The Kier molecular flexibility index (Phi) is 2.65. The van der Waals surface area contributed by atoms with E-state index in [9.17, 15) is 0 Å². The summed E-state index contributed by atoms with van der Waals surface area (Å²) in [7, 11) is 0. The fraction of sp³-hybridized carbons (Fsp3) is 0.364. The van der Waals surface area contributed by atoms with Crippen LogP contribution in [0.5, 0.6) is 0 Å². The van der Waals surface area contributed by atoms with Crippen molar-refractivity contribution in [2.24, 2.45) is 0 Å². The Labute approximate surface area is 83.4 Å². The Bertz CT molecular complexity index is 305. The van der Waals surface area contributed by atoms with Gasteiger partial charge in [0.15, 0.2) is 0 Å². The summed E-state index contributed by atoms with van der Waals surface area (Å²) in [6.07, 6.45) is 9.11. The molecule has 0 amide bonds. The van der Waals surface area contributed by atoms with Crippen molar-refractivity contribution in [3.63, 3.8) is 0 Å². The quantitative estimate of drug-likeness (QED) is 0.666. The minimum absolute atomic E-state index is 0.644. The van der Waals surface area contributed by atoms with Gasteiger partial charge in [0, 0.05) is 17.4 Å². The molecule has 0 N–H and O–H groups in total. The average molecular weight is 194 g/mol. The van der Waals surface area contributed by atoms with Crippen LogP contribution in [-0.2, 0) is 0 Å². The van der Waals surface area contributed by atoms with Crippen LogP contribution in [0.4, 0.5) is 0 Å². The zero-order valence-corrected chi connectivity index (χ0v) is 8.17. The van der Waals surface area contributed by atoms with Gasteiger partial charge < -0.3 is 0 Å². The maximum absolute atomic E-state index is 5.92. The van der Waals surface area contributed by atoms with Crippen LogP contribution in [0.3, 0.4) is 0 Å². The van der Waals surface area contributed by atoms with Crippen LogP contribution in [-0.4, -0.2) is 4.98 Å². The highest BCUT2D eigenvalue weighted by Crippen LogP contribution is 2.32. The molecule has 0 saturated carbocycles. The summed E-state index contributed by atoms with van der Waals surface area (Å²) in [6, 6.07) is 4.19. The van der Waals surface area contributed by atoms with Gasteiger partial charge in [0.05, 0.1) is 0 Å². The predicted octanol–water partition coefficient (Wildman–Crippen LogP) is 3.47. The van der Waals surface area contributed by atoms with E-state index in [-0.39, 0.29) is 0 Å². The topological polar surface area (TPSA) is 12.9 Å². The molecule has 0 fully saturated rings. The predicted molar refractivity (Wildman–Crippen MR) is 54.8 cm³/mol. The molecular weight excluding hydrogens is 182 g/mol. The van der Waals surface area contributed by atoms with Crippen molar-refractivity contribution >= 4 is 11.6 Å². The maximum atomic E-state index is 5.92. The first-order valence-electron chi connectivity index (χ1n) is 4.61. The summed E-state index contributed by atoms with van der Waals surface area (Å²) >= 11 is 5.92. The van der Waals surface area contributed by atoms with E-state index in [2.05, 4.69) is 23.2 Å². The molecule has 1 aliphatic rings. The summed E-state index contributed by atoms with van der Waals surface area (Å²) in [5.74, 6) is 0.644. The molecule has 0 saturated heterocycles. The number of nitrogens with zero attached hydrogens (tertiary/aromatic N) is 1. The third-order valence-electron chi connectivity index (χ3n) is 2.53. The molecule has 1 aromatic rings. The van der Waals surface area contributed by atoms with Crippen LogP contribution in [0.2, 0.25) is 0 Å². The highest BCUT2D eigenvalue weighted by molar-refractivity contribution is 6.29. The van der Waals surface area contributed by atoms with Gasteiger partial charge in [-0.15, -0.1) is 0 Å². The molecule has 0 aromatic carbocycles. The van der Waals surface area contributed by atoms with Gasteiger partial charge in [0.2, 0.25) is 0 Å². The Morgan fingerprint density at radius 1 is 1.31 bits per heavy atom. The van der Waals surface area contributed by atoms with Crippen LogP contribution in [0.15, 0.2) is 35.6 Å². The lowest BCUT2D eigenvalue weighted by Crippen LogP contribution is -2.02. The summed E-state index contributed by atoms with van der Waals surface area (Å²) in [4.78, 5) is 4.01. The van der Waals surface area contributed by atoms with Crippen molar-refractivity contribution in [2.45, 2.75) is 25.2 Å². The van der Waals surface area contributed by atoms with Crippen LogP contribution in [0, 0.1) is 0 Å². The highest BCUT2D eigenvalue weighted by atomic mass is 35.5. The van der Waals surface area contributed by atoms with Gasteiger partial charge in [-0.05, 0) is 42.9 Å². The Morgan fingerprint density at radius 3 is 2.69 bits per heavy atom. The van der Waals surface area contributed by atoms with Gasteiger partial charge in [-0.1, -0.05) is 17.7 Å². The smallest absolute Gasteiger partial charge is 0.0270 e. The Hall–Kier alpha value is -0.820. The standard InChI is InChI=1S/C11H12ClN/c12-11-3-1-9(2-4-11)10-5-7-13-8-6-10/h3,5-9H,1-2,4H2. The van der Waals surface area contributed by atoms with Crippen LogP contribution < -0.4 is 0 Å². The molecule has 1 unspecified atom stereocenters. The zero-order valence-electron chi connectivity index (χ0n) is 7.41. The van der Waals surface area contributed by atoms with E-state index >= 15 is 0 Å². The van der Waals surface area contributed by atoms with E-state index in [0.29, 0.717) is 5.92 Å². The fourth-order valence-electron chi connectivity index (χ4n) is 1.74. The second-order valence-corrected chi connectivity index (χ2v) is 3.89. The second kappa shape index (κ2) is 3.93. The first kappa shape index (κ1) is 8.76. The molecule has 0 radical (unpaired) electrons. The number of aromatic nitrogens is 1. The van der Waals surface area contributed by atoms with E-state index < -0.39 is 0 Å². The number of halogens is 1. The molecule has 68 valence electrons. The number of hydrogen-bond donors (Lipinski definition) is 0. The van der Waals surface area contributed by atoms with E-state index in [4.69, 9.17) is 11.6 Å². The summed E-state index contributed by atoms with van der Waals surface area (Å²) in [5, 5.41) is 1.02. The van der Waals surface area contributed by atoms with Gasteiger partial charge in [-0.25, -0.2) is 0 Å². The largest absolute Gasteiger partial charge is 0.265 e. The molecule has 2 rings (SSSR count). The second-order valence-electron chi connectivity index (χ2n) is 3.40. The van der Waals surface area contributed by atoms with Crippen LogP contribution in [0.25, 0.3) is 0 Å². The van der Waals surface area contributed by atoms with Crippen molar-refractivity contribution in [2.75, 3.05) is 0 Å². The molecule has 1 heterocycles. The minimum atomic E-state index is 0.644. The molecular formula is C11H12ClN. The molecule has 1 atom stereocenters. The first-order chi connectivity index (χ1) is 6.36. The summed E-state index contributed by atoms with van der Waals surface area (Å²) in [5.41, 5.74) is 1.38. The maximum Gasteiger partial charge on any atom is 0.0270 e. The number of hydrogen-bond acceptors (Lipinski definition) is 1. The zero-order chi connectivity index (χ0) is 9.10. The summed E-state index contributed by atoms with van der Waals surface area (Å²) < 4.78 is 0. The van der Waals surface area contributed by atoms with Crippen LogP contribution >= 0.6 is 11.6 Å². The van der Waals surface area contributed by atoms with Crippen molar-refractivity contribution < 1.29 is 0 Å². The third-order valence-corrected chi connectivity index (χ3v) is 2.88. The Morgan fingerprint density at radius 2 is 2.08 bits per heavy atom.